The lowest BCUT2D eigenvalue weighted by Crippen LogP contribution is -2.46. The summed E-state index contributed by atoms with van der Waals surface area (Å²) in [5.41, 5.74) is 1.67. The Morgan fingerprint density at radius 2 is 2.10 bits per heavy atom. The van der Waals surface area contributed by atoms with Crippen molar-refractivity contribution < 1.29 is 9.90 Å². The molecule has 0 unspecified atom stereocenters. The lowest BCUT2D eigenvalue weighted by Gasteiger charge is -2.48. The molecule has 2 aliphatic rings. The van der Waals surface area contributed by atoms with Crippen molar-refractivity contribution in [2.75, 3.05) is 0 Å². The summed E-state index contributed by atoms with van der Waals surface area (Å²) in [7, 11) is 0. The Morgan fingerprint density at radius 3 is 2.83 bits per heavy atom. The zero-order valence-electron chi connectivity index (χ0n) is 18.0. The molecule has 3 rings (SSSR count). The third-order valence-corrected chi connectivity index (χ3v) is 6.79. The van der Waals surface area contributed by atoms with Crippen molar-refractivity contribution in [1.82, 2.24) is 10.3 Å². The van der Waals surface area contributed by atoms with E-state index in [0.717, 1.165) is 12.0 Å². The summed E-state index contributed by atoms with van der Waals surface area (Å²) in [5, 5.41) is 13.5. The first-order chi connectivity index (χ1) is 13.9. The number of amides is 1. The van der Waals surface area contributed by atoms with Crippen molar-refractivity contribution in [3.63, 3.8) is 0 Å². The van der Waals surface area contributed by atoms with Crippen molar-refractivity contribution in [3.8, 4) is 0 Å². The van der Waals surface area contributed by atoms with Gasteiger partial charge in [0, 0.05) is 24.5 Å². The van der Waals surface area contributed by atoms with Crippen LogP contribution in [-0.2, 0) is 11.3 Å². The van der Waals surface area contributed by atoms with Crippen LogP contribution in [0.5, 0.6) is 0 Å². The van der Waals surface area contributed by atoms with Gasteiger partial charge in [0.2, 0.25) is 5.91 Å². The van der Waals surface area contributed by atoms with Gasteiger partial charge >= 0.3 is 0 Å². The van der Waals surface area contributed by atoms with Crippen LogP contribution in [0.25, 0.3) is 0 Å². The van der Waals surface area contributed by atoms with E-state index in [2.05, 4.69) is 49.3 Å². The van der Waals surface area contributed by atoms with E-state index in [1.54, 1.807) is 12.4 Å². The molecule has 2 aliphatic carbocycles. The predicted molar refractivity (Wildman–Crippen MR) is 117 cm³/mol. The largest absolute Gasteiger partial charge is 0.393 e. The number of aromatic nitrogens is 1. The van der Waals surface area contributed by atoms with Crippen molar-refractivity contribution >= 4 is 5.91 Å². The number of pyridine rings is 1. The molecule has 1 aromatic rings. The fourth-order valence-electron chi connectivity index (χ4n) is 5.03. The Labute approximate surface area is 174 Å². The number of carbonyl (C=O) groups is 1. The molecule has 0 bridgehead atoms. The number of aliphatic hydroxyl groups is 1. The molecule has 156 valence electrons. The number of hydrogen-bond acceptors (Lipinski definition) is 3. The second-order valence-corrected chi connectivity index (χ2v) is 8.90. The monoisotopic (exact) mass is 394 g/mol. The van der Waals surface area contributed by atoms with E-state index in [9.17, 15) is 9.90 Å². The Hall–Kier alpha value is -2.20. The molecule has 7 atom stereocenters. The van der Waals surface area contributed by atoms with Crippen LogP contribution in [0.4, 0.5) is 0 Å². The maximum absolute atomic E-state index is 12.3. The Kier molecular flexibility index (Phi) is 7.07. The molecule has 2 N–H and O–H groups in total. The minimum atomic E-state index is -0.235. The first-order valence-corrected chi connectivity index (χ1v) is 10.8. The number of aliphatic hydroxyl groups excluding tert-OH is 1. The van der Waals surface area contributed by atoms with E-state index < -0.39 is 0 Å². The van der Waals surface area contributed by atoms with Crippen LogP contribution in [0, 0.1) is 35.5 Å². The highest BCUT2D eigenvalue weighted by molar-refractivity contribution is 5.93. The topological polar surface area (TPSA) is 62.2 Å². The van der Waals surface area contributed by atoms with E-state index in [-0.39, 0.29) is 17.9 Å². The highest BCUT2D eigenvalue weighted by Crippen LogP contribution is 2.48. The molecular formula is C25H34N2O2. The fraction of sp³-hybridized carbons (Fsp3) is 0.520. The predicted octanol–water partition coefficient (Wildman–Crippen LogP) is 4.29. The summed E-state index contributed by atoms with van der Waals surface area (Å²) < 4.78 is 0. The Bertz CT molecular complexity index is 783. The third-order valence-electron chi connectivity index (χ3n) is 6.79. The van der Waals surface area contributed by atoms with Crippen LogP contribution in [0.2, 0.25) is 0 Å². The standard InChI is InChI=1S/C25H34N2O2/c1-16-10-11-21-13-18(3)24(28)19(4)23(21)22(16)9-5-7-17(2)25(29)27-15-20-8-6-12-26-14-20/h5-12,14,16,18-19,21-24,28H,13,15H2,1-4H3,(H,27,29)/b9-5-,17-7-/t16-,18+,19-,21-,22-,23-,24-/m0/s1. The molecule has 1 amide bonds. The van der Waals surface area contributed by atoms with Crippen molar-refractivity contribution in [3.05, 3.63) is 66.0 Å². The number of allylic oxidation sites excluding steroid dienone is 5. The van der Waals surface area contributed by atoms with Gasteiger partial charge in [0.1, 0.15) is 0 Å². The van der Waals surface area contributed by atoms with Gasteiger partial charge in [-0.15, -0.1) is 0 Å². The van der Waals surface area contributed by atoms with Crippen LogP contribution in [-0.4, -0.2) is 22.1 Å². The van der Waals surface area contributed by atoms with Crippen LogP contribution >= 0.6 is 0 Å². The average molecular weight is 395 g/mol. The molecule has 29 heavy (non-hydrogen) atoms. The summed E-state index contributed by atoms with van der Waals surface area (Å²) in [6.07, 6.45) is 15.1. The molecule has 1 heterocycles. The van der Waals surface area contributed by atoms with E-state index >= 15 is 0 Å². The van der Waals surface area contributed by atoms with E-state index in [1.165, 1.54) is 0 Å². The SMILES string of the molecule is C/C(=C/C=C\[C@@H]1[C@H]2[C@H](C)[C@@H](O)[C@H](C)C[C@@H]2C=C[C@@H]1C)C(=O)NCc1cccnc1. The minimum Gasteiger partial charge on any atom is -0.393 e. The fourth-order valence-corrected chi connectivity index (χ4v) is 5.03. The van der Waals surface area contributed by atoms with E-state index in [4.69, 9.17) is 0 Å². The number of nitrogens with one attached hydrogen (secondary N) is 1. The average Bonchev–Trinajstić information content (AvgIpc) is 2.72. The van der Waals surface area contributed by atoms with Gasteiger partial charge < -0.3 is 10.4 Å². The van der Waals surface area contributed by atoms with Crippen molar-refractivity contribution in [2.45, 2.75) is 46.8 Å². The lowest BCUT2D eigenvalue weighted by atomic mass is 9.58. The maximum atomic E-state index is 12.3. The van der Waals surface area contributed by atoms with Gasteiger partial charge in [-0.1, -0.05) is 57.2 Å². The number of hydrogen-bond donors (Lipinski definition) is 2. The van der Waals surface area contributed by atoms with Gasteiger partial charge in [-0.2, -0.15) is 0 Å². The normalized spacial score (nSPS) is 34.8. The summed E-state index contributed by atoms with van der Waals surface area (Å²) in [6, 6.07) is 3.81. The van der Waals surface area contributed by atoms with Crippen molar-refractivity contribution in [2.24, 2.45) is 35.5 Å². The maximum Gasteiger partial charge on any atom is 0.247 e. The molecule has 0 aromatic carbocycles. The third kappa shape index (κ3) is 5.05. The van der Waals surface area contributed by atoms with E-state index in [0.29, 0.717) is 41.7 Å². The summed E-state index contributed by atoms with van der Waals surface area (Å²) in [5.74, 6) is 2.35. The second kappa shape index (κ2) is 9.53. The number of carbonyl (C=O) groups excluding carboxylic acids is 1. The first-order valence-electron chi connectivity index (χ1n) is 10.8. The molecule has 1 aromatic heterocycles. The van der Waals surface area contributed by atoms with Crippen LogP contribution in [0.15, 0.2) is 60.5 Å². The number of fused-ring (bicyclic) bond motifs is 1. The molecule has 1 saturated carbocycles. The zero-order chi connectivity index (χ0) is 21.0. The zero-order valence-corrected chi connectivity index (χ0v) is 18.0. The first kappa shape index (κ1) is 21.5. The molecule has 0 aliphatic heterocycles. The van der Waals surface area contributed by atoms with Gasteiger partial charge in [0.15, 0.2) is 0 Å². The van der Waals surface area contributed by atoms with Crippen LogP contribution in [0.1, 0.15) is 39.7 Å². The molecule has 1 fully saturated rings. The van der Waals surface area contributed by atoms with Gasteiger partial charge in [-0.3, -0.25) is 9.78 Å². The molecule has 0 radical (unpaired) electrons. The van der Waals surface area contributed by atoms with Crippen LogP contribution < -0.4 is 5.32 Å². The summed E-state index contributed by atoms with van der Waals surface area (Å²) in [6.45, 7) is 8.91. The number of nitrogens with zero attached hydrogens (tertiary/aromatic N) is 1. The second-order valence-electron chi connectivity index (χ2n) is 8.90. The van der Waals surface area contributed by atoms with Gasteiger partial charge in [0.25, 0.3) is 0 Å². The van der Waals surface area contributed by atoms with Gasteiger partial charge in [-0.25, -0.2) is 0 Å². The van der Waals surface area contributed by atoms with Crippen LogP contribution in [0.3, 0.4) is 0 Å². The molecule has 4 heteroatoms. The quantitative estimate of drug-likeness (QED) is 0.445. The molecular weight excluding hydrogens is 360 g/mol. The number of rotatable bonds is 5. The minimum absolute atomic E-state index is 0.0664. The summed E-state index contributed by atoms with van der Waals surface area (Å²) >= 11 is 0. The highest BCUT2D eigenvalue weighted by Gasteiger charge is 2.44. The molecule has 4 nitrogen and oxygen atoms in total. The Morgan fingerprint density at radius 1 is 1.31 bits per heavy atom. The lowest BCUT2D eigenvalue weighted by molar-refractivity contribution is -0.117. The molecule has 0 spiro atoms. The molecule has 0 saturated heterocycles. The smallest absolute Gasteiger partial charge is 0.247 e. The highest BCUT2D eigenvalue weighted by atomic mass is 16.3. The van der Waals surface area contributed by atoms with Gasteiger partial charge in [-0.05, 0) is 60.5 Å². The Balaban J connectivity index is 1.64. The van der Waals surface area contributed by atoms with Crippen molar-refractivity contribution in [1.29, 1.82) is 0 Å². The summed E-state index contributed by atoms with van der Waals surface area (Å²) in [4.78, 5) is 16.4. The van der Waals surface area contributed by atoms with E-state index in [1.807, 2.05) is 31.2 Å². The van der Waals surface area contributed by atoms with Gasteiger partial charge in [0.05, 0.1) is 6.10 Å².